The van der Waals surface area contributed by atoms with E-state index in [-0.39, 0.29) is 12.2 Å². The Morgan fingerprint density at radius 1 is 1.23 bits per heavy atom. The smallest absolute Gasteiger partial charge is 0.282 e. The lowest BCUT2D eigenvalue weighted by atomic mass is 10.2. The SMILES string of the molecule is CCc1nc2ccc(Br)cc2c(=O)n1N=Cc1cc(OC)c(OCC#N)c(OC)c1. The third-order valence-corrected chi connectivity index (χ3v) is 4.77. The van der Waals surface area contributed by atoms with Crippen LogP contribution in [-0.4, -0.2) is 36.7 Å². The number of benzene rings is 2. The molecule has 0 fully saturated rings. The molecule has 8 nitrogen and oxygen atoms in total. The molecule has 0 spiro atoms. The van der Waals surface area contributed by atoms with Gasteiger partial charge in [0, 0.05) is 16.5 Å². The molecule has 0 unspecified atom stereocenters. The molecule has 154 valence electrons. The summed E-state index contributed by atoms with van der Waals surface area (Å²) in [6.45, 7) is 1.76. The zero-order chi connectivity index (χ0) is 21.7. The molecule has 0 amide bonds. The molecule has 0 atom stereocenters. The number of nitrogens with zero attached hydrogens (tertiary/aromatic N) is 4. The van der Waals surface area contributed by atoms with E-state index in [1.54, 1.807) is 24.3 Å². The Bertz CT molecular complexity index is 1190. The van der Waals surface area contributed by atoms with Crippen LogP contribution in [0.3, 0.4) is 0 Å². The number of hydrogen-bond acceptors (Lipinski definition) is 7. The van der Waals surface area contributed by atoms with Gasteiger partial charge in [0.1, 0.15) is 11.9 Å². The monoisotopic (exact) mass is 470 g/mol. The highest BCUT2D eigenvalue weighted by Gasteiger charge is 2.14. The minimum absolute atomic E-state index is 0.145. The predicted molar refractivity (Wildman–Crippen MR) is 117 cm³/mol. The number of fused-ring (bicyclic) bond motifs is 1. The number of ether oxygens (including phenoxy) is 3. The van der Waals surface area contributed by atoms with Crippen molar-refractivity contribution in [3.63, 3.8) is 0 Å². The van der Waals surface area contributed by atoms with E-state index in [4.69, 9.17) is 19.5 Å². The molecule has 1 heterocycles. The van der Waals surface area contributed by atoms with Crippen LogP contribution in [0.4, 0.5) is 0 Å². The Balaban J connectivity index is 2.09. The van der Waals surface area contributed by atoms with Gasteiger partial charge >= 0.3 is 0 Å². The van der Waals surface area contributed by atoms with Crippen molar-refractivity contribution in [2.24, 2.45) is 5.10 Å². The van der Waals surface area contributed by atoms with Crippen LogP contribution in [0.1, 0.15) is 18.3 Å². The highest BCUT2D eigenvalue weighted by Crippen LogP contribution is 2.38. The number of halogens is 1. The third kappa shape index (κ3) is 4.28. The van der Waals surface area contributed by atoms with E-state index in [1.165, 1.54) is 25.1 Å². The fraction of sp³-hybridized carbons (Fsp3) is 0.238. The summed E-state index contributed by atoms with van der Waals surface area (Å²) < 4.78 is 18.2. The Kier molecular flexibility index (Phi) is 6.69. The number of nitriles is 1. The second kappa shape index (κ2) is 9.41. The van der Waals surface area contributed by atoms with Crippen LogP contribution < -0.4 is 19.8 Å². The maximum absolute atomic E-state index is 13.0. The Hall–Kier alpha value is -3.38. The summed E-state index contributed by atoms with van der Waals surface area (Å²) in [5, 5.41) is 13.6. The van der Waals surface area contributed by atoms with Crippen molar-refractivity contribution in [1.82, 2.24) is 9.66 Å². The summed E-state index contributed by atoms with van der Waals surface area (Å²) in [6, 6.07) is 10.6. The quantitative estimate of drug-likeness (QED) is 0.489. The van der Waals surface area contributed by atoms with E-state index < -0.39 is 0 Å². The Labute approximate surface area is 181 Å². The van der Waals surface area contributed by atoms with Crippen molar-refractivity contribution in [1.29, 1.82) is 5.26 Å². The highest BCUT2D eigenvalue weighted by molar-refractivity contribution is 9.10. The molecule has 0 aliphatic rings. The summed E-state index contributed by atoms with van der Waals surface area (Å²) in [6.07, 6.45) is 2.05. The summed E-state index contributed by atoms with van der Waals surface area (Å²) in [7, 11) is 2.97. The van der Waals surface area contributed by atoms with Crippen LogP contribution in [-0.2, 0) is 6.42 Å². The van der Waals surface area contributed by atoms with Gasteiger partial charge in [0.15, 0.2) is 18.1 Å². The number of methoxy groups -OCH3 is 2. The molecule has 0 N–H and O–H groups in total. The zero-order valence-corrected chi connectivity index (χ0v) is 18.3. The predicted octanol–water partition coefficient (Wildman–Crippen LogP) is 3.52. The van der Waals surface area contributed by atoms with Gasteiger partial charge in [-0.15, -0.1) is 0 Å². The Morgan fingerprint density at radius 3 is 2.53 bits per heavy atom. The van der Waals surface area contributed by atoms with E-state index in [9.17, 15) is 4.79 Å². The summed E-state index contributed by atoms with van der Waals surface area (Å²) in [4.78, 5) is 17.5. The molecule has 2 aromatic carbocycles. The van der Waals surface area contributed by atoms with Crippen LogP contribution in [0.25, 0.3) is 10.9 Å². The molecule has 0 bridgehead atoms. The lowest BCUT2D eigenvalue weighted by molar-refractivity contribution is 0.303. The zero-order valence-electron chi connectivity index (χ0n) is 16.7. The maximum Gasteiger partial charge on any atom is 0.282 e. The molecule has 9 heteroatoms. The number of rotatable bonds is 7. The van der Waals surface area contributed by atoms with Gasteiger partial charge in [0.25, 0.3) is 5.56 Å². The summed E-state index contributed by atoms with van der Waals surface area (Å²) >= 11 is 3.38. The highest BCUT2D eigenvalue weighted by atomic mass is 79.9. The summed E-state index contributed by atoms with van der Waals surface area (Å²) in [5.74, 6) is 1.63. The molecule has 0 radical (unpaired) electrons. The van der Waals surface area contributed by atoms with Crippen LogP contribution in [0, 0.1) is 11.3 Å². The lowest BCUT2D eigenvalue weighted by Crippen LogP contribution is -2.22. The van der Waals surface area contributed by atoms with Gasteiger partial charge in [-0.25, -0.2) is 4.98 Å². The minimum atomic E-state index is -0.262. The van der Waals surface area contributed by atoms with Crippen molar-refractivity contribution in [3.05, 3.63) is 56.5 Å². The first-order valence-electron chi connectivity index (χ1n) is 9.03. The molecule has 0 aliphatic heterocycles. The molecule has 30 heavy (non-hydrogen) atoms. The Morgan fingerprint density at radius 2 is 1.93 bits per heavy atom. The number of aromatic nitrogens is 2. The maximum atomic E-state index is 13.0. The topological polar surface area (TPSA) is 98.7 Å². The van der Waals surface area contributed by atoms with E-state index in [0.717, 1.165) is 4.47 Å². The van der Waals surface area contributed by atoms with E-state index in [0.29, 0.717) is 46.0 Å². The molecule has 0 saturated heterocycles. The average molecular weight is 471 g/mol. The molecule has 0 saturated carbocycles. The van der Waals surface area contributed by atoms with E-state index >= 15 is 0 Å². The van der Waals surface area contributed by atoms with Gasteiger partial charge in [-0.1, -0.05) is 22.9 Å². The van der Waals surface area contributed by atoms with Gasteiger partial charge < -0.3 is 14.2 Å². The normalized spacial score (nSPS) is 10.9. The van der Waals surface area contributed by atoms with Crippen LogP contribution in [0.5, 0.6) is 17.2 Å². The van der Waals surface area contributed by atoms with Crippen molar-refractivity contribution in [2.75, 3.05) is 20.8 Å². The van der Waals surface area contributed by atoms with Crippen molar-refractivity contribution < 1.29 is 14.2 Å². The van der Waals surface area contributed by atoms with Gasteiger partial charge in [0.2, 0.25) is 5.75 Å². The largest absolute Gasteiger partial charge is 0.493 e. The second-order valence-corrected chi connectivity index (χ2v) is 7.02. The molecular weight excluding hydrogens is 452 g/mol. The molecular formula is C21H19BrN4O4. The van der Waals surface area contributed by atoms with Crippen LogP contribution >= 0.6 is 15.9 Å². The number of hydrogen-bond donors (Lipinski definition) is 0. The minimum Gasteiger partial charge on any atom is -0.493 e. The first kappa shape index (κ1) is 21.3. The summed E-state index contributed by atoms with van der Waals surface area (Å²) in [5.41, 5.74) is 0.979. The van der Waals surface area contributed by atoms with Gasteiger partial charge in [-0.3, -0.25) is 4.79 Å². The fourth-order valence-corrected chi connectivity index (χ4v) is 3.25. The van der Waals surface area contributed by atoms with Crippen molar-refractivity contribution in [2.45, 2.75) is 13.3 Å². The lowest BCUT2D eigenvalue weighted by Gasteiger charge is -2.13. The fourth-order valence-electron chi connectivity index (χ4n) is 2.89. The van der Waals surface area contributed by atoms with Crippen LogP contribution in [0.2, 0.25) is 0 Å². The van der Waals surface area contributed by atoms with Crippen LogP contribution in [0.15, 0.2) is 44.7 Å². The van der Waals surface area contributed by atoms with Crippen molar-refractivity contribution in [3.8, 4) is 23.3 Å². The molecule has 1 aromatic heterocycles. The van der Waals surface area contributed by atoms with E-state index in [2.05, 4.69) is 26.0 Å². The molecule has 3 rings (SSSR count). The first-order chi connectivity index (χ1) is 14.5. The average Bonchev–Trinajstić information content (AvgIpc) is 2.76. The third-order valence-electron chi connectivity index (χ3n) is 4.28. The number of aryl methyl sites for hydroxylation is 1. The van der Waals surface area contributed by atoms with E-state index in [1.807, 2.05) is 19.1 Å². The standard InChI is InChI=1S/C21H19BrN4O4/c1-4-19-25-16-6-5-14(22)11-15(16)21(27)26(19)24-12-13-9-17(28-2)20(30-8-7-23)18(10-13)29-3/h5-6,9-12H,4,8H2,1-3H3. The first-order valence-corrected chi connectivity index (χ1v) is 9.83. The van der Waals surface area contributed by atoms with Gasteiger partial charge in [0.05, 0.1) is 31.3 Å². The van der Waals surface area contributed by atoms with Crippen molar-refractivity contribution >= 4 is 33.0 Å². The molecule has 3 aromatic rings. The van der Waals surface area contributed by atoms with Gasteiger partial charge in [-0.05, 0) is 30.3 Å². The molecule has 0 aliphatic carbocycles. The second-order valence-electron chi connectivity index (χ2n) is 6.11. The van der Waals surface area contributed by atoms with Gasteiger partial charge in [-0.2, -0.15) is 15.0 Å².